The number of para-hydroxylation sites is 1. The number of hydrogen-bond acceptors (Lipinski definition) is 3. The predicted octanol–water partition coefficient (Wildman–Crippen LogP) is 1.03. The van der Waals surface area contributed by atoms with E-state index < -0.39 is 0 Å². The molecule has 4 N–H and O–H groups in total. The van der Waals surface area contributed by atoms with Crippen LogP contribution >= 0.6 is 0 Å². The molecule has 1 aromatic heterocycles. The third kappa shape index (κ3) is 2.14. The molecule has 0 saturated carbocycles. The van der Waals surface area contributed by atoms with Gasteiger partial charge in [-0.2, -0.15) is 0 Å². The first-order valence-electron chi connectivity index (χ1n) is 6.59. The van der Waals surface area contributed by atoms with Crippen LogP contribution in [-0.2, 0) is 13.1 Å². The Morgan fingerprint density at radius 3 is 2.78 bits per heavy atom. The maximum atomic E-state index is 5.77. The zero-order valence-electron chi connectivity index (χ0n) is 10.6. The zero-order valence-corrected chi connectivity index (χ0v) is 10.6. The van der Waals surface area contributed by atoms with Crippen molar-refractivity contribution >= 4 is 10.9 Å². The Morgan fingerprint density at radius 2 is 2.00 bits per heavy atom. The van der Waals surface area contributed by atoms with Gasteiger partial charge < -0.3 is 16.0 Å². The van der Waals surface area contributed by atoms with Gasteiger partial charge >= 0.3 is 0 Å². The lowest BCUT2D eigenvalue weighted by atomic mass is 10.1. The van der Waals surface area contributed by atoms with Gasteiger partial charge in [0, 0.05) is 50.9 Å². The van der Waals surface area contributed by atoms with Crippen molar-refractivity contribution in [2.75, 3.05) is 26.2 Å². The summed E-state index contributed by atoms with van der Waals surface area (Å²) in [5.74, 6) is 0. The van der Waals surface area contributed by atoms with Crippen LogP contribution in [0.15, 0.2) is 24.4 Å². The van der Waals surface area contributed by atoms with Crippen LogP contribution in [0.5, 0.6) is 0 Å². The van der Waals surface area contributed by atoms with Gasteiger partial charge in [-0.3, -0.25) is 4.90 Å². The lowest BCUT2D eigenvalue weighted by Gasteiger charge is -2.26. The number of fused-ring (bicyclic) bond motifs is 1. The summed E-state index contributed by atoms with van der Waals surface area (Å²) >= 11 is 0. The standard InChI is InChI=1S/C14H20N4/c15-8-11-2-1-3-13-12(9-17-14(11)13)10-18-6-4-16-5-7-18/h1-3,9,16-17H,4-8,10,15H2. The number of piperazine rings is 1. The first kappa shape index (κ1) is 11.7. The monoisotopic (exact) mass is 244 g/mol. The molecule has 2 aromatic rings. The summed E-state index contributed by atoms with van der Waals surface area (Å²) in [6.07, 6.45) is 2.13. The Balaban J connectivity index is 1.88. The molecule has 1 aromatic carbocycles. The number of aromatic nitrogens is 1. The average molecular weight is 244 g/mol. The second-order valence-corrected chi connectivity index (χ2v) is 4.88. The Bertz CT molecular complexity index is 526. The van der Waals surface area contributed by atoms with E-state index in [-0.39, 0.29) is 0 Å². The quantitative estimate of drug-likeness (QED) is 0.756. The number of nitrogens with zero attached hydrogens (tertiary/aromatic N) is 1. The molecule has 2 heterocycles. The van der Waals surface area contributed by atoms with Gasteiger partial charge in [-0.05, 0) is 11.1 Å². The number of hydrogen-bond donors (Lipinski definition) is 3. The highest BCUT2D eigenvalue weighted by Gasteiger charge is 2.13. The van der Waals surface area contributed by atoms with Crippen molar-refractivity contribution in [2.45, 2.75) is 13.1 Å². The smallest absolute Gasteiger partial charge is 0.0502 e. The Morgan fingerprint density at radius 1 is 1.17 bits per heavy atom. The average Bonchev–Trinajstić information content (AvgIpc) is 2.83. The van der Waals surface area contributed by atoms with Crippen molar-refractivity contribution in [3.8, 4) is 0 Å². The number of aromatic amines is 1. The highest BCUT2D eigenvalue weighted by molar-refractivity contribution is 5.86. The zero-order chi connectivity index (χ0) is 12.4. The minimum Gasteiger partial charge on any atom is -0.361 e. The van der Waals surface area contributed by atoms with Crippen LogP contribution in [0.25, 0.3) is 10.9 Å². The van der Waals surface area contributed by atoms with Crippen molar-refractivity contribution < 1.29 is 0 Å². The van der Waals surface area contributed by atoms with Gasteiger partial charge in [-0.15, -0.1) is 0 Å². The Labute approximate surface area is 107 Å². The highest BCUT2D eigenvalue weighted by atomic mass is 15.2. The van der Waals surface area contributed by atoms with E-state index in [4.69, 9.17) is 5.73 Å². The van der Waals surface area contributed by atoms with Crippen molar-refractivity contribution in [2.24, 2.45) is 5.73 Å². The van der Waals surface area contributed by atoms with E-state index in [1.54, 1.807) is 0 Å². The fourth-order valence-electron chi connectivity index (χ4n) is 2.69. The summed E-state index contributed by atoms with van der Waals surface area (Å²) in [5.41, 5.74) is 9.54. The second kappa shape index (κ2) is 5.10. The summed E-state index contributed by atoms with van der Waals surface area (Å²) < 4.78 is 0. The summed E-state index contributed by atoms with van der Waals surface area (Å²) in [4.78, 5) is 5.87. The van der Waals surface area contributed by atoms with Crippen LogP contribution in [0, 0.1) is 0 Å². The van der Waals surface area contributed by atoms with Gasteiger partial charge in [-0.25, -0.2) is 0 Å². The van der Waals surface area contributed by atoms with E-state index in [2.05, 4.69) is 39.6 Å². The molecule has 0 amide bonds. The SMILES string of the molecule is NCc1cccc2c(CN3CCNCC3)c[nH]c12. The van der Waals surface area contributed by atoms with Crippen molar-refractivity contribution in [1.82, 2.24) is 15.2 Å². The van der Waals surface area contributed by atoms with Crippen molar-refractivity contribution in [3.63, 3.8) is 0 Å². The molecule has 0 atom stereocenters. The molecule has 1 fully saturated rings. The Kier molecular flexibility index (Phi) is 3.32. The molecule has 1 aliphatic rings. The molecule has 96 valence electrons. The lowest BCUT2D eigenvalue weighted by molar-refractivity contribution is 0.234. The summed E-state index contributed by atoms with van der Waals surface area (Å²) in [5, 5.41) is 4.70. The van der Waals surface area contributed by atoms with E-state index in [9.17, 15) is 0 Å². The molecule has 4 heteroatoms. The van der Waals surface area contributed by atoms with Crippen LogP contribution in [0.1, 0.15) is 11.1 Å². The van der Waals surface area contributed by atoms with Gasteiger partial charge in [0.2, 0.25) is 0 Å². The van der Waals surface area contributed by atoms with E-state index >= 15 is 0 Å². The molecule has 0 spiro atoms. The van der Waals surface area contributed by atoms with Crippen LogP contribution in [0.3, 0.4) is 0 Å². The van der Waals surface area contributed by atoms with Gasteiger partial charge in [0.15, 0.2) is 0 Å². The lowest BCUT2D eigenvalue weighted by Crippen LogP contribution is -2.42. The van der Waals surface area contributed by atoms with Crippen molar-refractivity contribution in [1.29, 1.82) is 0 Å². The maximum Gasteiger partial charge on any atom is 0.0502 e. The fourth-order valence-corrected chi connectivity index (χ4v) is 2.69. The largest absolute Gasteiger partial charge is 0.361 e. The van der Waals surface area contributed by atoms with Gasteiger partial charge in [0.25, 0.3) is 0 Å². The predicted molar refractivity (Wildman–Crippen MR) is 74.3 cm³/mol. The minimum atomic E-state index is 0.588. The second-order valence-electron chi connectivity index (χ2n) is 4.88. The third-order valence-electron chi connectivity index (χ3n) is 3.71. The maximum absolute atomic E-state index is 5.77. The minimum absolute atomic E-state index is 0.588. The summed E-state index contributed by atoms with van der Waals surface area (Å²) in [6.45, 7) is 6.06. The summed E-state index contributed by atoms with van der Waals surface area (Å²) in [6, 6.07) is 6.37. The summed E-state index contributed by atoms with van der Waals surface area (Å²) in [7, 11) is 0. The van der Waals surface area contributed by atoms with Gasteiger partial charge in [0.1, 0.15) is 0 Å². The number of H-pyrrole nitrogens is 1. The normalized spacial score (nSPS) is 17.4. The number of nitrogens with one attached hydrogen (secondary N) is 2. The molecule has 1 saturated heterocycles. The van der Waals surface area contributed by atoms with Crippen LogP contribution in [0.4, 0.5) is 0 Å². The van der Waals surface area contributed by atoms with Crippen molar-refractivity contribution in [3.05, 3.63) is 35.5 Å². The number of nitrogens with two attached hydrogens (primary N) is 1. The molecule has 0 bridgehead atoms. The van der Waals surface area contributed by atoms with E-state index in [0.717, 1.165) is 32.7 Å². The molecular weight excluding hydrogens is 224 g/mol. The van der Waals surface area contributed by atoms with E-state index in [1.807, 2.05) is 0 Å². The molecule has 1 aliphatic heterocycles. The van der Waals surface area contributed by atoms with Gasteiger partial charge in [-0.1, -0.05) is 18.2 Å². The van der Waals surface area contributed by atoms with Crippen LogP contribution in [0.2, 0.25) is 0 Å². The fraction of sp³-hybridized carbons (Fsp3) is 0.429. The first-order chi connectivity index (χ1) is 8.88. The third-order valence-corrected chi connectivity index (χ3v) is 3.71. The highest BCUT2D eigenvalue weighted by Crippen LogP contribution is 2.22. The molecular formula is C14H20N4. The number of rotatable bonds is 3. The molecule has 4 nitrogen and oxygen atoms in total. The van der Waals surface area contributed by atoms with E-state index in [0.29, 0.717) is 6.54 Å². The Hall–Kier alpha value is -1.36. The van der Waals surface area contributed by atoms with Crippen LogP contribution < -0.4 is 11.1 Å². The molecule has 18 heavy (non-hydrogen) atoms. The van der Waals surface area contributed by atoms with Gasteiger partial charge in [0.05, 0.1) is 5.52 Å². The first-order valence-corrected chi connectivity index (χ1v) is 6.59. The topological polar surface area (TPSA) is 57.1 Å². The number of benzene rings is 1. The molecule has 0 aliphatic carbocycles. The molecule has 0 unspecified atom stereocenters. The molecule has 3 rings (SSSR count). The van der Waals surface area contributed by atoms with E-state index in [1.165, 1.54) is 22.0 Å². The van der Waals surface area contributed by atoms with Crippen LogP contribution in [-0.4, -0.2) is 36.1 Å². The molecule has 0 radical (unpaired) electrons.